The molecule has 20 heavy (non-hydrogen) atoms. The molecule has 1 aromatic rings. The fraction of sp³-hybridized carbons (Fsp3) is 0.438. The van der Waals surface area contributed by atoms with Crippen LogP contribution in [0.1, 0.15) is 34.8 Å². The Morgan fingerprint density at radius 1 is 1.50 bits per heavy atom. The number of aryl methyl sites for hydroxylation is 1. The number of ether oxygens (including phenoxy) is 1. The number of aliphatic hydroxyl groups excluding tert-OH is 1. The second-order valence-electron chi connectivity index (χ2n) is 4.58. The molecular formula is C16H21NO3. The first-order chi connectivity index (χ1) is 9.58. The van der Waals surface area contributed by atoms with Gasteiger partial charge < -0.3 is 15.2 Å². The summed E-state index contributed by atoms with van der Waals surface area (Å²) < 4.78 is 5.10. The largest absolute Gasteiger partial charge is 0.395 e. The lowest BCUT2D eigenvalue weighted by atomic mass is 10.0. The molecule has 0 saturated heterocycles. The van der Waals surface area contributed by atoms with Crippen molar-refractivity contribution in [3.8, 4) is 11.8 Å². The maximum absolute atomic E-state index is 12.2. The average Bonchev–Trinajstić information content (AvgIpc) is 2.46. The predicted octanol–water partition coefficient (Wildman–Crippen LogP) is 1.49. The van der Waals surface area contributed by atoms with Crippen molar-refractivity contribution in [1.29, 1.82) is 0 Å². The summed E-state index contributed by atoms with van der Waals surface area (Å²) in [6, 6.07) is 5.56. The van der Waals surface area contributed by atoms with E-state index in [-0.39, 0.29) is 18.6 Å². The Balaban J connectivity index is 2.89. The third-order valence-electron chi connectivity index (χ3n) is 2.83. The highest BCUT2D eigenvalue weighted by molar-refractivity contribution is 5.97. The van der Waals surface area contributed by atoms with Crippen LogP contribution in [0.2, 0.25) is 0 Å². The van der Waals surface area contributed by atoms with Gasteiger partial charge in [0.15, 0.2) is 0 Å². The van der Waals surface area contributed by atoms with Crippen LogP contribution in [0.5, 0.6) is 0 Å². The summed E-state index contributed by atoms with van der Waals surface area (Å²) >= 11 is 0. The molecule has 0 bridgehead atoms. The second-order valence-corrected chi connectivity index (χ2v) is 4.58. The van der Waals surface area contributed by atoms with Crippen molar-refractivity contribution in [2.45, 2.75) is 26.4 Å². The maximum Gasteiger partial charge on any atom is 0.252 e. The van der Waals surface area contributed by atoms with Crippen LogP contribution < -0.4 is 5.32 Å². The van der Waals surface area contributed by atoms with E-state index >= 15 is 0 Å². The van der Waals surface area contributed by atoms with E-state index in [0.717, 1.165) is 5.56 Å². The molecule has 0 radical (unpaired) electrons. The average molecular weight is 275 g/mol. The van der Waals surface area contributed by atoms with Gasteiger partial charge in [0.05, 0.1) is 18.3 Å². The van der Waals surface area contributed by atoms with Gasteiger partial charge in [0.25, 0.3) is 5.91 Å². The molecule has 1 amide bonds. The number of methoxy groups -OCH3 is 1. The molecule has 0 spiro atoms. The minimum atomic E-state index is -0.161. The predicted molar refractivity (Wildman–Crippen MR) is 78.6 cm³/mol. The van der Waals surface area contributed by atoms with Gasteiger partial charge in [-0.05, 0) is 26.0 Å². The minimum Gasteiger partial charge on any atom is -0.395 e. The van der Waals surface area contributed by atoms with E-state index in [1.165, 1.54) is 0 Å². The second kappa shape index (κ2) is 8.36. The van der Waals surface area contributed by atoms with Crippen LogP contribution in [0.4, 0.5) is 0 Å². The summed E-state index contributed by atoms with van der Waals surface area (Å²) in [6.45, 7) is 4.29. The van der Waals surface area contributed by atoms with Gasteiger partial charge in [0.1, 0.15) is 0 Å². The maximum atomic E-state index is 12.2. The van der Waals surface area contributed by atoms with Gasteiger partial charge in [-0.25, -0.2) is 0 Å². The Labute approximate surface area is 120 Å². The van der Waals surface area contributed by atoms with Crippen LogP contribution in [-0.2, 0) is 4.74 Å². The number of amides is 1. The number of benzene rings is 1. The topological polar surface area (TPSA) is 58.6 Å². The first-order valence-electron chi connectivity index (χ1n) is 6.60. The van der Waals surface area contributed by atoms with Crippen molar-refractivity contribution in [3.63, 3.8) is 0 Å². The van der Waals surface area contributed by atoms with Gasteiger partial charge in [-0.1, -0.05) is 23.5 Å². The van der Waals surface area contributed by atoms with Crippen LogP contribution in [0.15, 0.2) is 18.2 Å². The van der Waals surface area contributed by atoms with Crippen molar-refractivity contribution in [2.75, 3.05) is 20.3 Å². The molecule has 2 N–H and O–H groups in total. The third kappa shape index (κ3) is 5.04. The molecule has 1 unspecified atom stereocenters. The van der Waals surface area contributed by atoms with Gasteiger partial charge >= 0.3 is 0 Å². The molecule has 0 aliphatic carbocycles. The smallest absolute Gasteiger partial charge is 0.252 e. The first kappa shape index (κ1) is 16.2. The summed E-state index contributed by atoms with van der Waals surface area (Å²) in [5, 5.41) is 11.6. The molecule has 1 rings (SSSR count). The van der Waals surface area contributed by atoms with E-state index < -0.39 is 0 Å². The number of rotatable bonds is 5. The van der Waals surface area contributed by atoms with Gasteiger partial charge in [0, 0.05) is 25.6 Å². The van der Waals surface area contributed by atoms with Crippen molar-refractivity contribution in [1.82, 2.24) is 5.32 Å². The van der Waals surface area contributed by atoms with Crippen molar-refractivity contribution >= 4 is 5.91 Å². The molecular weight excluding hydrogens is 254 g/mol. The third-order valence-corrected chi connectivity index (χ3v) is 2.83. The summed E-state index contributed by atoms with van der Waals surface area (Å²) in [7, 11) is 1.61. The van der Waals surface area contributed by atoms with Crippen LogP contribution >= 0.6 is 0 Å². The molecule has 0 aliphatic heterocycles. The summed E-state index contributed by atoms with van der Waals surface area (Å²) in [5.41, 5.74) is 2.23. The highest BCUT2D eigenvalue weighted by Crippen LogP contribution is 2.11. The van der Waals surface area contributed by atoms with Crippen LogP contribution in [0, 0.1) is 18.8 Å². The monoisotopic (exact) mass is 275 g/mol. The Morgan fingerprint density at radius 3 is 2.90 bits per heavy atom. The Morgan fingerprint density at radius 2 is 2.25 bits per heavy atom. The van der Waals surface area contributed by atoms with Crippen LogP contribution in [-0.4, -0.2) is 37.4 Å². The van der Waals surface area contributed by atoms with Gasteiger partial charge in [-0.2, -0.15) is 0 Å². The van der Waals surface area contributed by atoms with E-state index in [4.69, 9.17) is 9.84 Å². The zero-order valence-electron chi connectivity index (χ0n) is 12.2. The quantitative estimate of drug-likeness (QED) is 0.801. The van der Waals surface area contributed by atoms with Gasteiger partial charge in [0.2, 0.25) is 0 Å². The summed E-state index contributed by atoms with van der Waals surface area (Å²) in [6.07, 6.45) is 0.364. The Hall–Kier alpha value is -1.83. The molecule has 0 aliphatic rings. The lowest BCUT2D eigenvalue weighted by Crippen LogP contribution is -2.32. The summed E-state index contributed by atoms with van der Waals surface area (Å²) in [5.74, 6) is 5.60. The SMILES string of the molecule is COC(C)CNC(=O)c1cc(C)ccc1C#CCCO. The zero-order valence-corrected chi connectivity index (χ0v) is 12.2. The lowest BCUT2D eigenvalue weighted by molar-refractivity contribution is 0.0870. The molecule has 0 heterocycles. The van der Waals surface area contributed by atoms with E-state index in [9.17, 15) is 4.79 Å². The minimum absolute atomic E-state index is 0.0196. The molecule has 1 aromatic carbocycles. The molecule has 0 fully saturated rings. The van der Waals surface area contributed by atoms with Crippen molar-refractivity contribution in [2.24, 2.45) is 0 Å². The fourth-order valence-electron chi connectivity index (χ4n) is 1.58. The Bertz CT molecular complexity index is 514. The number of hydrogen-bond donors (Lipinski definition) is 2. The molecule has 4 heteroatoms. The molecule has 1 atom stereocenters. The molecule has 4 nitrogen and oxygen atoms in total. The molecule has 0 aromatic heterocycles. The normalized spacial score (nSPS) is 11.4. The Kier molecular flexibility index (Phi) is 6.78. The van der Waals surface area contributed by atoms with Crippen LogP contribution in [0.25, 0.3) is 0 Å². The van der Waals surface area contributed by atoms with E-state index in [1.54, 1.807) is 7.11 Å². The summed E-state index contributed by atoms with van der Waals surface area (Å²) in [4.78, 5) is 12.2. The number of carbonyl (C=O) groups is 1. The van der Waals surface area contributed by atoms with E-state index in [2.05, 4.69) is 17.2 Å². The van der Waals surface area contributed by atoms with E-state index in [1.807, 2.05) is 32.0 Å². The van der Waals surface area contributed by atoms with Crippen molar-refractivity contribution < 1.29 is 14.6 Å². The number of carbonyl (C=O) groups excluding carboxylic acids is 1. The number of aliphatic hydroxyl groups is 1. The van der Waals surface area contributed by atoms with E-state index in [0.29, 0.717) is 24.1 Å². The van der Waals surface area contributed by atoms with Gasteiger partial charge in [-0.15, -0.1) is 0 Å². The highest BCUT2D eigenvalue weighted by Gasteiger charge is 2.11. The molecule has 0 saturated carbocycles. The fourth-order valence-corrected chi connectivity index (χ4v) is 1.58. The number of nitrogens with one attached hydrogen (secondary N) is 1. The van der Waals surface area contributed by atoms with Gasteiger partial charge in [-0.3, -0.25) is 4.79 Å². The zero-order chi connectivity index (χ0) is 15.0. The standard InChI is InChI=1S/C16H21NO3/c1-12-7-8-14(6-4-5-9-18)15(10-12)16(19)17-11-13(2)20-3/h7-8,10,13,18H,5,9,11H2,1-3H3,(H,17,19). The lowest BCUT2D eigenvalue weighted by Gasteiger charge is -2.12. The first-order valence-corrected chi connectivity index (χ1v) is 6.60. The van der Waals surface area contributed by atoms with Crippen LogP contribution in [0.3, 0.4) is 0 Å². The number of hydrogen-bond acceptors (Lipinski definition) is 3. The van der Waals surface area contributed by atoms with Crippen molar-refractivity contribution in [3.05, 3.63) is 34.9 Å². The highest BCUT2D eigenvalue weighted by atomic mass is 16.5. The molecule has 108 valence electrons.